The minimum atomic E-state index is -0.668. The maximum atomic E-state index is 12.7. The van der Waals surface area contributed by atoms with E-state index in [-0.39, 0.29) is 16.9 Å². The Morgan fingerprint density at radius 3 is 2.58 bits per heavy atom. The molecule has 0 radical (unpaired) electrons. The molecule has 0 aliphatic rings. The van der Waals surface area contributed by atoms with E-state index in [4.69, 9.17) is 11.6 Å². The second-order valence-corrected chi connectivity index (χ2v) is 6.02. The Morgan fingerprint density at radius 1 is 1.21 bits per heavy atom. The first-order chi connectivity index (χ1) is 11.3. The average molecular weight is 347 g/mol. The lowest BCUT2D eigenvalue weighted by molar-refractivity contribution is 0.0937. The van der Waals surface area contributed by atoms with Crippen LogP contribution in [-0.4, -0.2) is 24.5 Å². The van der Waals surface area contributed by atoms with E-state index >= 15 is 0 Å². The first-order valence-electron chi connectivity index (χ1n) is 7.25. The highest BCUT2D eigenvalue weighted by Gasteiger charge is 2.22. The Labute approximate surface area is 141 Å². The molecule has 1 aromatic carbocycles. The van der Waals surface area contributed by atoms with Gasteiger partial charge in [-0.2, -0.15) is 0 Å². The minimum absolute atomic E-state index is 0.201. The van der Waals surface area contributed by atoms with Gasteiger partial charge in [0.15, 0.2) is 16.9 Å². The van der Waals surface area contributed by atoms with Gasteiger partial charge < -0.3 is 4.57 Å². The van der Waals surface area contributed by atoms with Crippen LogP contribution in [0.15, 0.2) is 40.2 Å². The van der Waals surface area contributed by atoms with Crippen molar-refractivity contribution in [3.63, 3.8) is 0 Å². The van der Waals surface area contributed by atoms with Crippen molar-refractivity contribution in [2.75, 3.05) is 0 Å². The van der Waals surface area contributed by atoms with Crippen LogP contribution in [0.5, 0.6) is 0 Å². The molecule has 7 nitrogen and oxygen atoms in total. The molecule has 0 amide bonds. The zero-order valence-electron chi connectivity index (χ0n) is 13.4. The summed E-state index contributed by atoms with van der Waals surface area (Å²) in [5.41, 5.74) is -0.0577. The number of rotatable bonds is 3. The standard InChI is InChI=1S/C16H15ClN4O3/c1-9(13(22)10-5-4-6-11(17)7-10)21-8-18-14-12(21)15(23)20(3)16(24)19(14)2/h4-9H,1-3H3. The molecule has 0 aliphatic carbocycles. The van der Waals surface area contributed by atoms with Crippen LogP contribution in [0.1, 0.15) is 23.3 Å². The van der Waals surface area contributed by atoms with E-state index < -0.39 is 17.3 Å². The molecule has 1 atom stereocenters. The third kappa shape index (κ3) is 2.37. The second-order valence-electron chi connectivity index (χ2n) is 5.58. The summed E-state index contributed by atoms with van der Waals surface area (Å²) in [4.78, 5) is 41.3. The number of carbonyl (C=O) groups is 1. The predicted octanol–water partition coefficient (Wildman–Crippen LogP) is 1.53. The van der Waals surface area contributed by atoms with E-state index in [0.29, 0.717) is 10.6 Å². The molecular weight excluding hydrogens is 332 g/mol. The SMILES string of the molecule is CC(C(=O)c1cccc(Cl)c1)n1cnc2c1c(=O)n(C)c(=O)n2C. The number of hydrogen-bond acceptors (Lipinski definition) is 4. The molecule has 1 unspecified atom stereocenters. The van der Waals surface area contributed by atoms with E-state index in [9.17, 15) is 14.4 Å². The molecule has 0 aliphatic heterocycles. The summed E-state index contributed by atoms with van der Waals surface area (Å²) < 4.78 is 3.77. The van der Waals surface area contributed by atoms with Crippen LogP contribution in [0.3, 0.4) is 0 Å². The summed E-state index contributed by atoms with van der Waals surface area (Å²) >= 11 is 5.94. The van der Waals surface area contributed by atoms with Gasteiger partial charge in [-0.3, -0.25) is 18.7 Å². The van der Waals surface area contributed by atoms with Crippen molar-refractivity contribution in [1.29, 1.82) is 0 Å². The van der Waals surface area contributed by atoms with Crippen molar-refractivity contribution >= 4 is 28.5 Å². The van der Waals surface area contributed by atoms with Crippen LogP contribution in [-0.2, 0) is 14.1 Å². The maximum absolute atomic E-state index is 12.7. The van der Waals surface area contributed by atoms with E-state index in [2.05, 4.69) is 4.98 Å². The predicted molar refractivity (Wildman–Crippen MR) is 90.7 cm³/mol. The highest BCUT2D eigenvalue weighted by molar-refractivity contribution is 6.31. The number of halogens is 1. The molecule has 0 saturated carbocycles. The third-order valence-electron chi connectivity index (χ3n) is 4.08. The zero-order valence-corrected chi connectivity index (χ0v) is 14.1. The average Bonchev–Trinajstić information content (AvgIpc) is 3.01. The highest BCUT2D eigenvalue weighted by Crippen LogP contribution is 2.20. The maximum Gasteiger partial charge on any atom is 0.332 e. The van der Waals surface area contributed by atoms with Crippen molar-refractivity contribution in [3.8, 4) is 0 Å². The molecule has 0 saturated heterocycles. The number of aromatic nitrogens is 4. The first-order valence-corrected chi connectivity index (χ1v) is 7.63. The Kier molecular flexibility index (Phi) is 3.88. The Balaban J connectivity index is 2.18. The molecule has 24 heavy (non-hydrogen) atoms. The van der Waals surface area contributed by atoms with Crippen molar-refractivity contribution in [3.05, 3.63) is 62.0 Å². The van der Waals surface area contributed by atoms with Gasteiger partial charge in [-0.05, 0) is 19.1 Å². The quantitative estimate of drug-likeness (QED) is 0.674. The summed E-state index contributed by atoms with van der Waals surface area (Å²) in [5, 5.41) is 0.460. The van der Waals surface area contributed by atoms with Crippen LogP contribution in [0.4, 0.5) is 0 Å². The van der Waals surface area contributed by atoms with E-state index in [1.165, 1.54) is 29.6 Å². The van der Waals surface area contributed by atoms with Gasteiger partial charge in [0.1, 0.15) is 0 Å². The molecule has 3 rings (SSSR count). The van der Waals surface area contributed by atoms with Gasteiger partial charge in [0.2, 0.25) is 0 Å². The molecule has 0 N–H and O–H groups in total. The molecule has 0 bridgehead atoms. The smallest absolute Gasteiger partial charge is 0.314 e. The molecule has 3 aromatic rings. The summed E-state index contributed by atoms with van der Waals surface area (Å²) in [6, 6.07) is 5.95. The lowest BCUT2D eigenvalue weighted by Gasteiger charge is -2.14. The summed E-state index contributed by atoms with van der Waals surface area (Å²) in [5.74, 6) is -0.201. The number of nitrogens with zero attached hydrogens (tertiary/aromatic N) is 4. The summed E-state index contributed by atoms with van der Waals surface area (Å²) in [6.45, 7) is 1.68. The number of ketones is 1. The zero-order chi connectivity index (χ0) is 17.6. The fourth-order valence-corrected chi connectivity index (χ4v) is 2.86. The van der Waals surface area contributed by atoms with Crippen LogP contribution >= 0.6 is 11.6 Å². The lowest BCUT2D eigenvalue weighted by atomic mass is 10.1. The topological polar surface area (TPSA) is 78.9 Å². The highest BCUT2D eigenvalue weighted by atomic mass is 35.5. The normalized spacial score (nSPS) is 12.5. The van der Waals surface area contributed by atoms with Crippen LogP contribution < -0.4 is 11.2 Å². The van der Waals surface area contributed by atoms with E-state index in [1.807, 2.05) is 0 Å². The summed E-state index contributed by atoms with van der Waals surface area (Å²) in [6.07, 6.45) is 1.40. The number of fused-ring (bicyclic) bond motifs is 1. The van der Waals surface area contributed by atoms with Crippen LogP contribution in [0.25, 0.3) is 11.2 Å². The van der Waals surface area contributed by atoms with Gasteiger partial charge in [0.25, 0.3) is 5.56 Å². The Bertz CT molecular complexity index is 1080. The fourth-order valence-electron chi connectivity index (χ4n) is 2.67. The first kappa shape index (κ1) is 16.2. The molecule has 8 heteroatoms. The molecule has 0 fully saturated rings. The van der Waals surface area contributed by atoms with Crippen molar-refractivity contribution < 1.29 is 4.79 Å². The van der Waals surface area contributed by atoms with E-state index in [1.54, 1.807) is 31.2 Å². The third-order valence-corrected chi connectivity index (χ3v) is 4.31. The van der Waals surface area contributed by atoms with Crippen molar-refractivity contribution in [1.82, 2.24) is 18.7 Å². The van der Waals surface area contributed by atoms with Gasteiger partial charge in [0, 0.05) is 24.7 Å². The van der Waals surface area contributed by atoms with Gasteiger partial charge >= 0.3 is 5.69 Å². The van der Waals surface area contributed by atoms with Crippen LogP contribution in [0.2, 0.25) is 5.02 Å². The molecule has 2 heterocycles. The number of hydrogen-bond donors (Lipinski definition) is 0. The number of benzene rings is 1. The largest absolute Gasteiger partial charge is 0.332 e. The van der Waals surface area contributed by atoms with Gasteiger partial charge in [-0.25, -0.2) is 9.78 Å². The summed E-state index contributed by atoms with van der Waals surface area (Å²) in [7, 11) is 2.93. The number of Topliss-reactive ketones (excluding diaryl/α,β-unsaturated/α-hetero) is 1. The minimum Gasteiger partial charge on any atom is -0.314 e. The second kappa shape index (κ2) is 5.76. The van der Waals surface area contributed by atoms with Gasteiger partial charge in [-0.1, -0.05) is 23.7 Å². The Morgan fingerprint density at radius 2 is 1.92 bits per heavy atom. The molecule has 124 valence electrons. The monoisotopic (exact) mass is 346 g/mol. The number of aryl methyl sites for hydroxylation is 1. The lowest BCUT2D eigenvalue weighted by Crippen LogP contribution is -2.38. The van der Waals surface area contributed by atoms with Crippen LogP contribution in [0, 0.1) is 0 Å². The molecular formula is C16H15ClN4O3. The van der Waals surface area contributed by atoms with E-state index in [0.717, 1.165) is 4.57 Å². The van der Waals surface area contributed by atoms with Crippen molar-refractivity contribution in [2.45, 2.75) is 13.0 Å². The fraction of sp³-hybridized carbons (Fsp3) is 0.250. The molecule has 0 spiro atoms. The number of carbonyl (C=O) groups excluding carboxylic acids is 1. The number of imidazole rings is 1. The molecule has 2 aromatic heterocycles. The van der Waals surface area contributed by atoms with Gasteiger partial charge in [0.05, 0.1) is 12.4 Å². The van der Waals surface area contributed by atoms with Crippen molar-refractivity contribution in [2.24, 2.45) is 14.1 Å². The Hall–Kier alpha value is -2.67. The van der Waals surface area contributed by atoms with Gasteiger partial charge in [-0.15, -0.1) is 0 Å².